The van der Waals surface area contributed by atoms with Gasteiger partial charge in [-0.2, -0.15) is 8.42 Å². The van der Waals surface area contributed by atoms with Gasteiger partial charge in [0.1, 0.15) is 10.6 Å². The largest absolute Gasteiger partial charge is 0.506 e. The Morgan fingerprint density at radius 3 is 2.23 bits per heavy atom. The zero-order chi connectivity index (χ0) is 23.2. The first-order valence-corrected chi connectivity index (χ1v) is 12.3. The van der Waals surface area contributed by atoms with E-state index in [2.05, 4.69) is 31.9 Å². The molecule has 31 heavy (non-hydrogen) atoms. The van der Waals surface area contributed by atoms with Crippen molar-refractivity contribution < 1.29 is 22.9 Å². The number of allylic oxidation sites excluding steroid dienone is 5. The fourth-order valence-corrected chi connectivity index (χ4v) is 5.32. The summed E-state index contributed by atoms with van der Waals surface area (Å²) >= 11 is 6.79. The van der Waals surface area contributed by atoms with Gasteiger partial charge < -0.3 is 5.11 Å². The molecule has 0 atom stereocenters. The van der Waals surface area contributed by atoms with E-state index in [-0.39, 0.29) is 22.0 Å². The Morgan fingerprint density at radius 1 is 1.00 bits per heavy atom. The zero-order valence-electron chi connectivity index (χ0n) is 17.2. The number of Topliss-reactive ketones (excluding diaryl/α,β-unsaturated/α-hetero) is 1. The Bertz CT molecular complexity index is 1330. The third kappa shape index (κ3) is 4.22. The van der Waals surface area contributed by atoms with Gasteiger partial charge in [-0.1, -0.05) is 18.2 Å². The lowest BCUT2D eigenvalue weighted by Gasteiger charge is -2.23. The number of aryl methyl sites for hydroxylation is 1. The molecule has 2 N–H and O–H groups in total. The molecule has 0 fully saturated rings. The van der Waals surface area contributed by atoms with Crippen LogP contribution in [0.5, 0.6) is 5.75 Å². The van der Waals surface area contributed by atoms with E-state index in [1.165, 1.54) is 12.1 Å². The molecule has 162 valence electrons. The van der Waals surface area contributed by atoms with Crippen molar-refractivity contribution in [2.45, 2.75) is 32.6 Å². The molecule has 3 rings (SSSR count). The van der Waals surface area contributed by atoms with E-state index in [4.69, 9.17) is 0 Å². The van der Waals surface area contributed by atoms with Crippen molar-refractivity contribution >= 4 is 53.3 Å². The average molecular weight is 568 g/mol. The summed E-state index contributed by atoms with van der Waals surface area (Å²) in [6.07, 6.45) is 1.72. The van der Waals surface area contributed by atoms with Gasteiger partial charge in [0.15, 0.2) is 5.78 Å². The summed E-state index contributed by atoms with van der Waals surface area (Å²) in [7, 11) is -4.53. The van der Waals surface area contributed by atoms with Crippen molar-refractivity contribution in [2.24, 2.45) is 0 Å². The molecular weight excluding hydrogens is 548 g/mol. The minimum absolute atomic E-state index is 0.0904. The maximum Gasteiger partial charge on any atom is 0.295 e. The first kappa shape index (κ1) is 23.7. The van der Waals surface area contributed by atoms with Crippen molar-refractivity contribution in [3.63, 3.8) is 0 Å². The van der Waals surface area contributed by atoms with E-state index in [0.717, 1.165) is 0 Å². The molecule has 0 heterocycles. The maximum absolute atomic E-state index is 12.5. The van der Waals surface area contributed by atoms with Gasteiger partial charge >= 0.3 is 0 Å². The Labute approximate surface area is 198 Å². The maximum atomic E-state index is 12.5. The smallest absolute Gasteiger partial charge is 0.295 e. The van der Waals surface area contributed by atoms with Gasteiger partial charge in [-0.05, 0) is 117 Å². The predicted octanol–water partition coefficient (Wildman–Crippen LogP) is 6.02. The summed E-state index contributed by atoms with van der Waals surface area (Å²) in [4.78, 5) is 12.2. The lowest BCUT2D eigenvalue weighted by atomic mass is 9.83. The summed E-state index contributed by atoms with van der Waals surface area (Å²) in [5, 5.41) is 10.4. The number of phenols is 1. The van der Waals surface area contributed by atoms with Crippen LogP contribution in [-0.2, 0) is 14.9 Å². The number of carbonyl (C=O) groups is 1. The van der Waals surface area contributed by atoms with Gasteiger partial charge in [0.25, 0.3) is 10.1 Å². The summed E-state index contributed by atoms with van der Waals surface area (Å²) in [5.74, 6) is -0.0592. The SMILES string of the molecule is CC1=C/C(=C(\c2ccccc2S(=O)(=O)O)c2cc(C)c(O)c(Br)c2C)C(C)=C(Br)C1=O. The molecule has 0 bridgehead atoms. The fraction of sp³-hybridized carbons (Fsp3) is 0.174. The molecule has 0 saturated heterocycles. The monoisotopic (exact) mass is 566 g/mol. The van der Waals surface area contributed by atoms with Crippen LogP contribution in [0, 0.1) is 13.8 Å². The molecule has 5 nitrogen and oxygen atoms in total. The van der Waals surface area contributed by atoms with E-state index < -0.39 is 10.1 Å². The molecule has 0 aromatic heterocycles. The minimum atomic E-state index is -4.53. The van der Waals surface area contributed by atoms with Crippen molar-refractivity contribution in [2.75, 3.05) is 0 Å². The second kappa shape index (κ2) is 8.50. The highest BCUT2D eigenvalue weighted by atomic mass is 79.9. The van der Waals surface area contributed by atoms with E-state index in [0.29, 0.717) is 47.9 Å². The lowest BCUT2D eigenvalue weighted by Crippen LogP contribution is -2.12. The number of phenolic OH excluding ortho intramolecular Hbond substituents is 1. The highest BCUT2D eigenvalue weighted by molar-refractivity contribution is 9.12. The van der Waals surface area contributed by atoms with Gasteiger partial charge in [0.05, 0.1) is 8.96 Å². The quantitative estimate of drug-likeness (QED) is 0.443. The number of ketones is 1. The molecule has 1 aliphatic carbocycles. The second-order valence-electron chi connectivity index (χ2n) is 7.38. The summed E-state index contributed by atoms with van der Waals surface area (Å²) in [6.45, 7) is 7.00. The van der Waals surface area contributed by atoms with Crippen molar-refractivity contribution in [1.29, 1.82) is 0 Å². The van der Waals surface area contributed by atoms with E-state index in [9.17, 15) is 22.9 Å². The molecule has 0 radical (unpaired) electrons. The molecule has 0 saturated carbocycles. The van der Waals surface area contributed by atoms with Gasteiger partial charge in [-0.3, -0.25) is 9.35 Å². The van der Waals surface area contributed by atoms with Gasteiger partial charge in [-0.25, -0.2) is 0 Å². The number of aromatic hydroxyl groups is 1. The molecule has 2 aromatic rings. The third-order valence-corrected chi connectivity index (χ3v) is 8.14. The van der Waals surface area contributed by atoms with Crippen molar-refractivity contribution in [3.8, 4) is 5.75 Å². The Morgan fingerprint density at radius 2 is 1.61 bits per heavy atom. The number of hydrogen-bond acceptors (Lipinski definition) is 4. The number of rotatable bonds is 3. The Kier molecular flexibility index (Phi) is 6.49. The lowest BCUT2D eigenvalue weighted by molar-refractivity contribution is -0.111. The number of benzene rings is 2. The highest BCUT2D eigenvalue weighted by Crippen LogP contribution is 2.43. The highest BCUT2D eigenvalue weighted by Gasteiger charge is 2.28. The third-order valence-electron chi connectivity index (χ3n) is 5.30. The van der Waals surface area contributed by atoms with Crippen molar-refractivity contribution in [1.82, 2.24) is 0 Å². The first-order chi connectivity index (χ1) is 14.4. The number of carbonyl (C=O) groups excluding carboxylic acids is 1. The summed E-state index contributed by atoms with van der Waals surface area (Å²) in [6, 6.07) is 7.92. The van der Waals surface area contributed by atoms with E-state index >= 15 is 0 Å². The first-order valence-electron chi connectivity index (χ1n) is 9.26. The number of hydrogen-bond donors (Lipinski definition) is 2. The van der Waals surface area contributed by atoms with Crippen LogP contribution in [0.25, 0.3) is 5.57 Å². The topological polar surface area (TPSA) is 91.7 Å². The molecule has 1 aliphatic rings. The summed E-state index contributed by atoms with van der Waals surface area (Å²) < 4.78 is 35.2. The second-order valence-corrected chi connectivity index (χ2v) is 10.4. The van der Waals surface area contributed by atoms with Crippen LogP contribution in [0.3, 0.4) is 0 Å². The molecule has 8 heteroatoms. The van der Waals surface area contributed by atoms with E-state index in [1.54, 1.807) is 52.0 Å². The summed E-state index contributed by atoms with van der Waals surface area (Å²) in [5.41, 5.74) is 4.50. The minimum Gasteiger partial charge on any atom is -0.506 e. The van der Waals surface area contributed by atoms with Gasteiger partial charge in [0.2, 0.25) is 0 Å². The standard InChI is InChI=1S/C23H20Br2O5S/c1-11-9-16(13(3)20(24)22(11)26)19(15-7-5-6-8-18(15)31(28,29)30)17-10-12(2)23(27)21(25)14(17)4/h5-10,26H,1-4H3,(H,28,29,30)/b19-17-. The molecule has 0 aliphatic heterocycles. The molecular formula is C23H20Br2O5S. The van der Waals surface area contributed by atoms with Crippen LogP contribution in [0.2, 0.25) is 0 Å². The van der Waals surface area contributed by atoms with Crippen LogP contribution >= 0.6 is 31.9 Å². The van der Waals surface area contributed by atoms with E-state index in [1.807, 2.05) is 0 Å². The van der Waals surface area contributed by atoms with Crippen molar-refractivity contribution in [3.05, 3.63) is 84.3 Å². The molecule has 0 spiro atoms. The predicted molar refractivity (Wildman–Crippen MR) is 128 cm³/mol. The Hall–Kier alpha value is -2.00. The molecule has 0 unspecified atom stereocenters. The normalized spacial score (nSPS) is 16.5. The van der Waals surface area contributed by atoms with Gasteiger partial charge in [-0.15, -0.1) is 0 Å². The van der Waals surface area contributed by atoms with Gasteiger partial charge in [0, 0.05) is 5.56 Å². The van der Waals surface area contributed by atoms with Crippen LogP contribution in [0.1, 0.15) is 36.1 Å². The van der Waals surface area contributed by atoms with Crippen LogP contribution in [0.15, 0.2) is 67.0 Å². The fourth-order valence-electron chi connectivity index (χ4n) is 3.57. The van der Waals surface area contributed by atoms with Crippen LogP contribution in [-0.4, -0.2) is 23.9 Å². The number of halogens is 2. The van der Waals surface area contributed by atoms with Crippen LogP contribution in [0.4, 0.5) is 0 Å². The van der Waals surface area contributed by atoms with Crippen LogP contribution < -0.4 is 0 Å². The average Bonchev–Trinajstić information content (AvgIpc) is 2.72. The Balaban J connectivity index is 2.59. The zero-order valence-corrected chi connectivity index (χ0v) is 21.2. The molecule has 0 amide bonds. The molecule has 2 aromatic carbocycles.